The van der Waals surface area contributed by atoms with Gasteiger partial charge in [-0.2, -0.15) is 5.10 Å². The van der Waals surface area contributed by atoms with Crippen LogP contribution in [0.15, 0.2) is 10.6 Å². The summed E-state index contributed by atoms with van der Waals surface area (Å²) in [5, 5.41) is 8.18. The molecule has 0 aliphatic heterocycles. The molecule has 0 atom stereocenters. The van der Waals surface area contributed by atoms with Gasteiger partial charge in [0, 0.05) is 18.8 Å². The lowest BCUT2D eigenvalue weighted by molar-refractivity contribution is 0.426. The van der Waals surface area contributed by atoms with Crippen LogP contribution in [-0.4, -0.2) is 14.9 Å². The van der Waals surface area contributed by atoms with Gasteiger partial charge in [0.25, 0.3) is 0 Å². The molecule has 2 aromatic heterocycles. The van der Waals surface area contributed by atoms with Crippen LogP contribution in [0.4, 0.5) is 0 Å². The van der Waals surface area contributed by atoms with Crippen LogP contribution in [0.2, 0.25) is 0 Å². The Labute approximate surface area is 92.8 Å². The summed E-state index contributed by atoms with van der Waals surface area (Å²) in [6, 6.07) is 1.85. The molecule has 0 radical (unpaired) electrons. The predicted octanol–water partition coefficient (Wildman–Crippen LogP) is 2.43. The molecule has 4 nitrogen and oxygen atoms in total. The Morgan fingerprint density at radius 1 is 1.47 bits per heavy atom. The van der Waals surface area contributed by atoms with E-state index in [1.54, 1.807) is 0 Å². The molecule has 0 fully saturated rings. The summed E-state index contributed by atoms with van der Waals surface area (Å²) in [5.74, 6) is 1.09. The number of nitrogens with zero attached hydrogens (tertiary/aromatic N) is 3. The zero-order chi connectivity index (χ0) is 11.0. The lowest BCUT2D eigenvalue weighted by atomic mass is 10.1. The third-order valence-electron chi connectivity index (χ3n) is 2.45. The number of aryl methyl sites for hydroxylation is 2. The molecule has 80 valence electrons. The molecule has 0 saturated carbocycles. The molecule has 0 bridgehead atoms. The molecule has 0 aliphatic carbocycles. The van der Waals surface area contributed by atoms with Crippen LogP contribution in [-0.2, 0) is 12.9 Å². The maximum absolute atomic E-state index is 5.67. The highest BCUT2D eigenvalue weighted by Gasteiger charge is 2.15. The van der Waals surface area contributed by atoms with Gasteiger partial charge in [-0.3, -0.25) is 4.68 Å². The predicted molar refractivity (Wildman–Crippen MR) is 57.7 cm³/mol. The van der Waals surface area contributed by atoms with Crippen molar-refractivity contribution in [1.82, 2.24) is 14.9 Å². The first-order valence-electron chi connectivity index (χ1n) is 4.65. The number of rotatable bonds is 2. The van der Waals surface area contributed by atoms with Gasteiger partial charge in [-0.05, 0) is 13.8 Å². The first kappa shape index (κ1) is 10.2. The number of hydrogen-bond acceptors (Lipinski definition) is 3. The zero-order valence-electron chi connectivity index (χ0n) is 8.91. The normalized spacial score (nSPS) is 10.9. The van der Waals surface area contributed by atoms with Crippen LogP contribution >= 0.6 is 11.6 Å². The van der Waals surface area contributed by atoms with Crippen molar-refractivity contribution in [2.24, 2.45) is 7.05 Å². The van der Waals surface area contributed by atoms with E-state index in [1.165, 1.54) is 0 Å². The van der Waals surface area contributed by atoms with Crippen molar-refractivity contribution in [1.29, 1.82) is 0 Å². The van der Waals surface area contributed by atoms with Gasteiger partial charge in [-0.1, -0.05) is 5.16 Å². The van der Waals surface area contributed by atoms with Crippen molar-refractivity contribution in [2.45, 2.75) is 19.7 Å². The van der Waals surface area contributed by atoms with Gasteiger partial charge in [0.2, 0.25) is 0 Å². The van der Waals surface area contributed by atoms with Crippen LogP contribution in [0.3, 0.4) is 0 Å². The van der Waals surface area contributed by atoms with E-state index in [9.17, 15) is 0 Å². The van der Waals surface area contributed by atoms with Crippen molar-refractivity contribution in [3.8, 4) is 11.3 Å². The molecule has 0 amide bonds. The highest BCUT2D eigenvalue weighted by atomic mass is 35.5. The standard InChI is InChI=1S/C10H12ClN3O/c1-6-10(7(2)14(3)12-6)9-4-8(5-11)13-15-9/h4H,5H2,1-3H3. The summed E-state index contributed by atoms with van der Waals surface area (Å²) < 4.78 is 7.06. The van der Waals surface area contributed by atoms with Gasteiger partial charge in [0.1, 0.15) is 0 Å². The van der Waals surface area contributed by atoms with Crippen molar-refractivity contribution >= 4 is 11.6 Å². The molecule has 2 rings (SSSR count). The highest BCUT2D eigenvalue weighted by molar-refractivity contribution is 6.16. The quantitative estimate of drug-likeness (QED) is 0.738. The average Bonchev–Trinajstić information content (AvgIpc) is 2.74. The van der Waals surface area contributed by atoms with Gasteiger partial charge in [-0.15, -0.1) is 11.6 Å². The molecule has 5 heteroatoms. The van der Waals surface area contributed by atoms with Crippen LogP contribution in [0, 0.1) is 13.8 Å². The smallest absolute Gasteiger partial charge is 0.170 e. The zero-order valence-corrected chi connectivity index (χ0v) is 9.67. The van der Waals surface area contributed by atoms with Gasteiger partial charge in [-0.25, -0.2) is 0 Å². The number of hydrogen-bond donors (Lipinski definition) is 0. The average molecular weight is 226 g/mol. The SMILES string of the molecule is Cc1nn(C)c(C)c1-c1cc(CCl)no1. The molecular formula is C10H12ClN3O. The van der Waals surface area contributed by atoms with Crippen molar-refractivity contribution in [3.05, 3.63) is 23.1 Å². The third-order valence-corrected chi connectivity index (χ3v) is 2.73. The molecular weight excluding hydrogens is 214 g/mol. The Bertz CT molecular complexity index is 487. The van der Waals surface area contributed by atoms with Crippen LogP contribution in [0.25, 0.3) is 11.3 Å². The van der Waals surface area contributed by atoms with E-state index in [0.29, 0.717) is 5.88 Å². The minimum atomic E-state index is 0.363. The molecule has 0 spiro atoms. The van der Waals surface area contributed by atoms with E-state index in [4.69, 9.17) is 16.1 Å². The monoisotopic (exact) mass is 225 g/mol. The Balaban J connectivity index is 2.53. The summed E-state index contributed by atoms with van der Waals surface area (Å²) in [5.41, 5.74) is 3.74. The van der Waals surface area contributed by atoms with E-state index in [0.717, 1.165) is 28.4 Å². The van der Waals surface area contributed by atoms with Crippen LogP contribution in [0.1, 0.15) is 17.1 Å². The maximum Gasteiger partial charge on any atom is 0.170 e. The van der Waals surface area contributed by atoms with E-state index in [2.05, 4.69) is 10.3 Å². The molecule has 2 aromatic rings. The fraction of sp³-hybridized carbons (Fsp3) is 0.400. The van der Waals surface area contributed by atoms with Crippen LogP contribution in [0.5, 0.6) is 0 Å². The van der Waals surface area contributed by atoms with Crippen LogP contribution < -0.4 is 0 Å². The van der Waals surface area contributed by atoms with Crippen molar-refractivity contribution < 1.29 is 4.52 Å². The minimum absolute atomic E-state index is 0.363. The largest absolute Gasteiger partial charge is 0.356 e. The molecule has 0 unspecified atom stereocenters. The Morgan fingerprint density at radius 2 is 2.20 bits per heavy atom. The summed E-state index contributed by atoms with van der Waals surface area (Å²) in [7, 11) is 1.91. The van der Waals surface area contributed by atoms with E-state index >= 15 is 0 Å². The van der Waals surface area contributed by atoms with Gasteiger partial charge in [0.05, 0.1) is 22.8 Å². The Kier molecular flexibility index (Phi) is 2.52. The second-order valence-corrected chi connectivity index (χ2v) is 3.75. The molecule has 0 saturated heterocycles. The lowest BCUT2D eigenvalue weighted by Crippen LogP contribution is -1.92. The van der Waals surface area contributed by atoms with E-state index in [1.807, 2.05) is 31.6 Å². The first-order valence-corrected chi connectivity index (χ1v) is 5.19. The van der Waals surface area contributed by atoms with Crippen molar-refractivity contribution in [2.75, 3.05) is 0 Å². The topological polar surface area (TPSA) is 43.9 Å². The number of aromatic nitrogens is 3. The highest BCUT2D eigenvalue weighted by Crippen LogP contribution is 2.27. The van der Waals surface area contributed by atoms with Gasteiger partial charge in [0.15, 0.2) is 5.76 Å². The molecule has 0 aromatic carbocycles. The summed E-state index contributed by atoms with van der Waals surface area (Å²) in [6.45, 7) is 3.95. The second kappa shape index (κ2) is 3.70. The fourth-order valence-electron chi connectivity index (χ4n) is 1.62. The second-order valence-electron chi connectivity index (χ2n) is 3.49. The van der Waals surface area contributed by atoms with E-state index in [-0.39, 0.29) is 0 Å². The lowest BCUT2D eigenvalue weighted by Gasteiger charge is -1.95. The first-order chi connectivity index (χ1) is 7.13. The van der Waals surface area contributed by atoms with E-state index < -0.39 is 0 Å². The Hall–Kier alpha value is -1.29. The number of halogens is 1. The van der Waals surface area contributed by atoms with Crippen molar-refractivity contribution in [3.63, 3.8) is 0 Å². The molecule has 15 heavy (non-hydrogen) atoms. The van der Waals surface area contributed by atoms with Gasteiger partial charge >= 0.3 is 0 Å². The Morgan fingerprint density at radius 3 is 2.67 bits per heavy atom. The molecule has 0 N–H and O–H groups in total. The molecule has 2 heterocycles. The summed E-state index contributed by atoms with van der Waals surface area (Å²) in [4.78, 5) is 0. The summed E-state index contributed by atoms with van der Waals surface area (Å²) in [6.07, 6.45) is 0. The maximum atomic E-state index is 5.67. The summed E-state index contributed by atoms with van der Waals surface area (Å²) >= 11 is 5.67. The van der Waals surface area contributed by atoms with Gasteiger partial charge < -0.3 is 4.52 Å². The molecule has 0 aliphatic rings. The third kappa shape index (κ3) is 1.65. The fourth-order valence-corrected chi connectivity index (χ4v) is 1.75. The minimum Gasteiger partial charge on any atom is -0.356 e. The number of alkyl halides is 1.